The molecule has 118 valence electrons. The number of rotatable bonds is 6. The quantitative estimate of drug-likeness (QED) is 0.747. The lowest BCUT2D eigenvalue weighted by Gasteiger charge is -2.07. The van der Waals surface area contributed by atoms with Crippen molar-refractivity contribution in [2.24, 2.45) is 0 Å². The molecule has 0 aliphatic rings. The molecule has 0 aliphatic heterocycles. The maximum atomic E-state index is 4.67. The lowest BCUT2D eigenvalue weighted by Crippen LogP contribution is -2.09. The molecule has 5 nitrogen and oxygen atoms in total. The second-order valence-corrected chi connectivity index (χ2v) is 6.37. The maximum Gasteiger partial charge on any atom is 0.222 e. The zero-order valence-electron chi connectivity index (χ0n) is 13.2. The van der Waals surface area contributed by atoms with Gasteiger partial charge in [-0.1, -0.05) is 13.8 Å². The number of hydrogen-bond donors (Lipinski definition) is 1. The molecule has 0 aliphatic carbocycles. The summed E-state index contributed by atoms with van der Waals surface area (Å²) in [6, 6.07) is 5.91. The van der Waals surface area contributed by atoms with Crippen LogP contribution in [0, 0.1) is 0 Å². The van der Waals surface area contributed by atoms with Crippen LogP contribution in [0.2, 0.25) is 0 Å². The number of hydrogen-bond acceptors (Lipinski definition) is 6. The fourth-order valence-electron chi connectivity index (χ4n) is 2.13. The molecular formula is C17H19N5S. The predicted molar refractivity (Wildman–Crippen MR) is 93.7 cm³/mol. The summed E-state index contributed by atoms with van der Waals surface area (Å²) in [6.07, 6.45) is 6.22. The Hall–Kier alpha value is -2.34. The largest absolute Gasteiger partial charge is 0.354 e. The van der Waals surface area contributed by atoms with Gasteiger partial charge in [-0.15, -0.1) is 11.3 Å². The third-order valence-electron chi connectivity index (χ3n) is 3.41. The molecule has 0 atom stereocenters. The number of anilines is 1. The molecule has 0 fully saturated rings. The minimum Gasteiger partial charge on any atom is -0.354 e. The molecule has 23 heavy (non-hydrogen) atoms. The first kappa shape index (κ1) is 15.6. The van der Waals surface area contributed by atoms with Crippen LogP contribution in [0.4, 0.5) is 5.95 Å². The fourth-order valence-corrected chi connectivity index (χ4v) is 2.99. The first-order valence-electron chi connectivity index (χ1n) is 7.64. The summed E-state index contributed by atoms with van der Waals surface area (Å²) in [7, 11) is 0. The number of thiazole rings is 1. The van der Waals surface area contributed by atoms with Gasteiger partial charge in [-0.3, -0.25) is 4.98 Å². The molecule has 3 heterocycles. The van der Waals surface area contributed by atoms with Crippen LogP contribution in [-0.4, -0.2) is 26.5 Å². The van der Waals surface area contributed by atoms with E-state index in [1.807, 2.05) is 18.2 Å². The summed E-state index contributed by atoms with van der Waals surface area (Å²) < 4.78 is 0. The summed E-state index contributed by atoms with van der Waals surface area (Å²) in [4.78, 5) is 17.5. The van der Waals surface area contributed by atoms with Crippen LogP contribution in [0.15, 0.2) is 42.2 Å². The fraction of sp³-hybridized carbons (Fsp3) is 0.294. The van der Waals surface area contributed by atoms with Crippen molar-refractivity contribution in [3.63, 3.8) is 0 Å². The number of aromatic nitrogens is 4. The highest BCUT2D eigenvalue weighted by atomic mass is 32.1. The minimum atomic E-state index is 0.403. The number of nitrogens with one attached hydrogen (secondary N) is 1. The van der Waals surface area contributed by atoms with E-state index in [9.17, 15) is 0 Å². The van der Waals surface area contributed by atoms with Gasteiger partial charge in [0.25, 0.3) is 0 Å². The summed E-state index contributed by atoms with van der Waals surface area (Å²) in [5.41, 5.74) is 3.24. The zero-order chi connectivity index (χ0) is 16.1. The molecule has 0 unspecified atom stereocenters. The van der Waals surface area contributed by atoms with Gasteiger partial charge >= 0.3 is 0 Å². The van der Waals surface area contributed by atoms with E-state index < -0.39 is 0 Å². The Kier molecular flexibility index (Phi) is 4.92. The van der Waals surface area contributed by atoms with E-state index in [0.717, 1.165) is 34.9 Å². The Bertz CT molecular complexity index is 754. The van der Waals surface area contributed by atoms with Crippen molar-refractivity contribution in [3.8, 4) is 10.6 Å². The Labute approximate surface area is 139 Å². The van der Waals surface area contributed by atoms with Crippen LogP contribution in [-0.2, 0) is 6.42 Å². The summed E-state index contributed by atoms with van der Waals surface area (Å²) in [6.45, 7) is 5.02. The molecule has 0 amide bonds. The zero-order valence-corrected chi connectivity index (χ0v) is 14.0. The van der Waals surface area contributed by atoms with Gasteiger partial charge in [-0.05, 0) is 24.1 Å². The molecule has 0 radical (unpaired) electrons. The number of nitrogens with zero attached hydrogens (tertiary/aromatic N) is 4. The van der Waals surface area contributed by atoms with Crippen molar-refractivity contribution in [1.29, 1.82) is 0 Å². The first-order chi connectivity index (χ1) is 11.2. The van der Waals surface area contributed by atoms with Crippen LogP contribution in [0.25, 0.3) is 10.6 Å². The van der Waals surface area contributed by atoms with Crippen molar-refractivity contribution < 1.29 is 0 Å². The molecule has 0 spiro atoms. The Morgan fingerprint density at radius 1 is 1.09 bits per heavy atom. The highest BCUT2D eigenvalue weighted by Crippen LogP contribution is 2.23. The highest BCUT2D eigenvalue weighted by molar-refractivity contribution is 7.13. The normalized spacial score (nSPS) is 10.9. The molecule has 3 aromatic heterocycles. The van der Waals surface area contributed by atoms with Gasteiger partial charge < -0.3 is 5.32 Å². The second-order valence-electron chi connectivity index (χ2n) is 5.52. The third kappa shape index (κ3) is 4.10. The van der Waals surface area contributed by atoms with Crippen molar-refractivity contribution in [1.82, 2.24) is 19.9 Å². The van der Waals surface area contributed by atoms with E-state index in [1.54, 1.807) is 29.9 Å². The predicted octanol–water partition coefficient (Wildman–Crippen LogP) is 3.77. The molecule has 1 N–H and O–H groups in total. The van der Waals surface area contributed by atoms with E-state index >= 15 is 0 Å². The minimum absolute atomic E-state index is 0.403. The topological polar surface area (TPSA) is 63.6 Å². The van der Waals surface area contributed by atoms with Crippen molar-refractivity contribution in [2.75, 3.05) is 11.9 Å². The van der Waals surface area contributed by atoms with Gasteiger partial charge in [0.1, 0.15) is 5.01 Å². The third-order valence-corrected chi connectivity index (χ3v) is 4.35. The summed E-state index contributed by atoms with van der Waals surface area (Å²) in [5.74, 6) is 1.08. The Balaban J connectivity index is 1.57. The van der Waals surface area contributed by atoms with Crippen molar-refractivity contribution >= 4 is 17.3 Å². The smallest absolute Gasteiger partial charge is 0.222 e. The van der Waals surface area contributed by atoms with E-state index in [1.165, 1.54) is 0 Å². The molecule has 6 heteroatoms. The van der Waals surface area contributed by atoms with Gasteiger partial charge in [0, 0.05) is 48.2 Å². The average molecular weight is 325 g/mol. The average Bonchev–Trinajstić information content (AvgIpc) is 3.05. The van der Waals surface area contributed by atoms with Gasteiger partial charge in [0.2, 0.25) is 5.95 Å². The van der Waals surface area contributed by atoms with Crippen LogP contribution in [0.1, 0.15) is 31.2 Å². The van der Waals surface area contributed by atoms with E-state index in [4.69, 9.17) is 0 Å². The van der Waals surface area contributed by atoms with Crippen LogP contribution >= 0.6 is 11.3 Å². The Morgan fingerprint density at radius 2 is 1.91 bits per heavy atom. The van der Waals surface area contributed by atoms with Crippen molar-refractivity contribution in [3.05, 3.63) is 53.6 Å². The molecular weight excluding hydrogens is 306 g/mol. The standard InChI is InChI=1S/C17H19N5S/c1-12(2)15-6-10-20-17(22-15)19-9-5-14-11-23-16(21-14)13-3-7-18-8-4-13/h3-4,6-8,10-12H,5,9H2,1-2H3,(H,19,20,22). The molecule has 0 bridgehead atoms. The maximum absolute atomic E-state index is 4.67. The van der Waals surface area contributed by atoms with Gasteiger partial charge in [-0.2, -0.15) is 0 Å². The number of pyridine rings is 1. The van der Waals surface area contributed by atoms with Gasteiger partial charge in [-0.25, -0.2) is 15.0 Å². The lowest BCUT2D eigenvalue weighted by atomic mass is 10.1. The highest BCUT2D eigenvalue weighted by Gasteiger charge is 2.06. The molecule has 0 aromatic carbocycles. The van der Waals surface area contributed by atoms with Crippen LogP contribution in [0.5, 0.6) is 0 Å². The van der Waals surface area contributed by atoms with E-state index in [0.29, 0.717) is 11.9 Å². The van der Waals surface area contributed by atoms with Crippen molar-refractivity contribution in [2.45, 2.75) is 26.2 Å². The molecule has 0 saturated heterocycles. The molecule has 3 aromatic rings. The van der Waals surface area contributed by atoms with E-state index in [2.05, 4.69) is 44.5 Å². The van der Waals surface area contributed by atoms with Crippen LogP contribution < -0.4 is 5.32 Å². The SMILES string of the molecule is CC(C)c1ccnc(NCCc2csc(-c3ccncc3)n2)n1. The summed E-state index contributed by atoms with van der Waals surface area (Å²) >= 11 is 1.66. The van der Waals surface area contributed by atoms with Gasteiger partial charge in [0.15, 0.2) is 0 Å². The van der Waals surface area contributed by atoms with E-state index in [-0.39, 0.29) is 0 Å². The van der Waals surface area contributed by atoms with Gasteiger partial charge in [0.05, 0.1) is 5.69 Å². The lowest BCUT2D eigenvalue weighted by molar-refractivity contribution is 0.812. The monoisotopic (exact) mass is 325 g/mol. The Morgan fingerprint density at radius 3 is 2.70 bits per heavy atom. The first-order valence-corrected chi connectivity index (χ1v) is 8.52. The molecule has 3 rings (SSSR count). The van der Waals surface area contributed by atoms with Crippen LogP contribution in [0.3, 0.4) is 0 Å². The molecule has 0 saturated carbocycles. The summed E-state index contributed by atoms with van der Waals surface area (Å²) in [5, 5.41) is 6.40. The second kappa shape index (κ2) is 7.28.